The van der Waals surface area contributed by atoms with Gasteiger partial charge in [-0.25, -0.2) is 0 Å². The van der Waals surface area contributed by atoms with Gasteiger partial charge in [0.1, 0.15) is 0 Å². The number of hydrogen-bond donors (Lipinski definition) is 0. The third kappa shape index (κ3) is 3.48. The average molecular weight is 474 g/mol. The van der Waals surface area contributed by atoms with Crippen LogP contribution in [0.4, 0.5) is 0 Å². The summed E-state index contributed by atoms with van der Waals surface area (Å²) in [5.74, 6) is 4.83. The van der Waals surface area contributed by atoms with Crippen LogP contribution in [0.25, 0.3) is 17.5 Å². The number of benzene rings is 2. The van der Waals surface area contributed by atoms with Crippen molar-refractivity contribution in [3.8, 4) is 0 Å². The molecule has 0 N–H and O–H groups in total. The van der Waals surface area contributed by atoms with Crippen LogP contribution >= 0.6 is 7.53 Å². The Labute approximate surface area is 179 Å². The molecule has 1 heterocycles. The second-order valence-corrected chi connectivity index (χ2v) is 12.0. The van der Waals surface area contributed by atoms with E-state index in [1.54, 1.807) is 16.4 Å². The maximum atomic E-state index is 2.50. The Morgan fingerprint density at radius 1 is 0.731 bits per heavy atom. The molecule has 2 aliphatic carbocycles. The van der Waals surface area contributed by atoms with E-state index in [0.717, 1.165) is 0 Å². The van der Waals surface area contributed by atoms with Gasteiger partial charge in [0, 0.05) is 0 Å². The molecule has 0 nitrogen and oxygen atoms in total. The van der Waals surface area contributed by atoms with Crippen LogP contribution in [0.3, 0.4) is 0 Å². The normalized spacial score (nSPS) is 18.8. The first kappa shape index (κ1) is 19.9. The maximum absolute atomic E-state index is 2.50. The van der Waals surface area contributed by atoms with Gasteiger partial charge in [0.2, 0.25) is 0 Å². The number of allylic oxidation sites excluding steroid dienone is 2. The zero-order valence-electron chi connectivity index (χ0n) is 14.0. The molecular formula is C22H17Cl2PZr. The molecule has 2 aliphatic rings. The van der Waals surface area contributed by atoms with Gasteiger partial charge in [-0.1, -0.05) is 0 Å². The molecule has 0 saturated heterocycles. The Kier molecular flexibility index (Phi) is 6.47. The molecule has 128 valence electrons. The van der Waals surface area contributed by atoms with Gasteiger partial charge in [0.25, 0.3) is 0 Å². The first-order chi connectivity index (χ1) is 11.9. The van der Waals surface area contributed by atoms with Crippen LogP contribution in [-0.2, 0) is 23.2 Å². The summed E-state index contributed by atoms with van der Waals surface area (Å²) in [5, 5.41) is 1.69. The second kappa shape index (κ2) is 8.45. The van der Waals surface area contributed by atoms with Gasteiger partial charge in [-0.05, 0) is 0 Å². The summed E-state index contributed by atoms with van der Waals surface area (Å²) >= 11 is -0.681. The number of rotatable bonds is 3. The van der Waals surface area contributed by atoms with Crippen molar-refractivity contribution in [3.63, 3.8) is 0 Å². The fraction of sp³-hybridized carbons (Fsp3) is 0.0909. The van der Waals surface area contributed by atoms with E-state index in [4.69, 9.17) is 0 Å². The molecule has 0 bridgehead atoms. The predicted molar refractivity (Wildman–Crippen MR) is 101 cm³/mol. The average Bonchev–Trinajstić information content (AvgIpc) is 3.34. The molecule has 2 unspecified atom stereocenters. The molecule has 2 aromatic carbocycles. The molecule has 26 heavy (non-hydrogen) atoms. The smallest absolute Gasteiger partial charge is 1.00 e. The number of fused-ring (bicyclic) bond motifs is 2. The quantitative estimate of drug-likeness (QED) is 0.522. The Hall–Kier alpha value is -0.837. The standard InChI is InChI=1S/C13H10P.C9H7.2ClH.Zr/c1-2-6-12-10-13(9-11(12)5-1)14-7-3-4-8-14;1-2-5-9-7-3-6-8(9)4-1;;;/h1-10H;1-7H;2*1H;/q;;;;+2/p-2. The topological polar surface area (TPSA) is 0 Å². The van der Waals surface area contributed by atoms with Crippen LogP contribution in [0.15, 0.2) is 78.3 Å². The predicted octanol–water partition coefficient (Wildman–Crippen LogP) is 0.585. The van der Waals surface area contributed by atoms with Gasteiger partial charge in [0.15, 0.2) is 0 Å². The minimum atomic E-state index is -0.681. The van der Waals surface area contributed by atoms with Gasteiger partial charge in [-0.15, -0.1) is 0 Å². The zero-order valence-corrected chi connectivity index (χ0v) is 18.9. The Bertz CT molecular complexity index is 960. The molecular weight excluding hydrogens is 457 g/mol. The van der Waals surface area contributed by atoms with Crippen molar-refractivity contribution < 1.29 is 48.0 Å². The van der Waals surface area contributed by atoms with Gasteiger partial charge in [-0.3, -0.25) is 0 Å². The van der Waals surface area contributed by atoms with Crippen molar-refractivity contribution >= 4 is 25.0 Å². The van der Waals surface area contributed by atoms with E-state index in [9.17, 15) is 0 Å². The molecule has 3 aromatic rings. The van der Waals surface area contributed by atoms with Crippen molar-refractivity contribution in [1.29, 1.82) is 0 Å². The Morgan fingerprint density at radius 3 is 2.15 bits per heavy atom. The van der Waals surface area contributed by atoms with Gasteiger partial charge >= 0.3 is 156 Å². The first-order valence-corrected chi connectivity index (χ1v) is 12.7. The summed E-state index contributed by atoms with van der Waals surface area (Å²) in [4.78, 5) is 0. The molecule has 0 aliphatic heterocycles. The molecule has 4 heteroatoms. The van der Waals surface area contributed by atoms with E-state index >= 15 is 0 Å². The summed E-state index contributed by atoms with van der Waals surface area (Å²) in [6.45, 7) is 0. The van der Waals surface area contributed by atoms with Crippen LogP contribution < -0.4 is 24.8 Å². The zero-order chi connectivity index (χ0) is 15.9. The number of halogens is 2. The van der Waals surface area contributed by atoms with E-state index in [1.807, 2.05) is 0 Å². The van der Waals surface area contributed by atoms with E-state index < -0.39 is 23.2 Å². The van der Waals surface area contributed by atoms with Crippen LogP contribution in [0.5, 0.6) is 0 Å². The second-order valence-electron chi connectivity index (χ2n) is 6.35. The van der Waals surface area contributed by atoms with Crippen molar-refractivity contribution in [1.82, 2.24) is 0 Å². The molecule has 0 fully saturated rings. The summed E-state index contributed by atoms with van der Waals surface area (Å²) in [7, 11) is -0.201. The van der Waals surface area contributed by atoms with Gasteiger partial charge in [-0.2, -0.15) is 0 Å². The third-order valence-electron chi connectivity index (χ3n) is 4.95. The number of hydrogen-bond acceptors (Lipinski definition) is 0. The monoisotopic (exact) mass is 472 g/mol. The van der Waals surface area contributed by atoms with Crippen molar-refractivity contribution in [3.05, 3.63) is 101 Å². The van der Waals surface area contributed by atoms with Crippen LogP contribution in [0.1, 0.15) is 29.5 Å². The molecule has 0 amide bonds. The van der Waals surface area contributed by atoms with E-state index in [2.05, 4.69) is 90.5 Å². The maximum Gasteiger partial charge on any atom is -1.00 e. The SMILES string of the molecule is C1=C[CH]([Zr+2][CH]2C(p3cccc3)=Cc3ccccc32)c2ccccc21.[Cl-].[Cl-]. The van der Waals surface area contributed by atoms with E-state index in [1.165, 1.54) is 11.1 Å². The molecule has 2 atom stereocenters. The summed E-state index contributed by atoms with van der Waals surface area (Å²) < 4.78 is 1.42. The molecule has 1 aromatic heterocycles. The molecule has 0 saturated carbocycles. The summed E-state index contributed by atoms with van der Waals surface area (Å²) in [5.41, 5.74) is 6.06. The van der Waals surface area contributed by atoms with Crippen LogP contribution in [0.2, 0.25) is 0 Å². The minimum Gasteiger partial charge on any atom is -1.00 e. The van der Waals surface area contributed by atoms with E-state index in [0.29, 0.717) is 7.25 Å². The Morgan fingerprint density at radius 2 is 1.38 bits per heavy atom. The van der Waals surface area contributed by atoms with Crippen LogP contribution in [0, 0.1) is 0 Å². The fourth-order valence-corrected chi connectivity index (χ4v) is 11.3. The summed E-state index contributed by atoms with van der Waals surface area (Å²) in [6.07, 6.45) is 7.31. The van der Waals surface area contributed by atoms with Crippen molar-refractivity contribution in [2.45, 2.75) is 7.25 Å². The third-order valence-corrected chi connectivity index (χ3v) is 12.0. The van der Waals surface area contributed by atoms with Gasteiger partial charge in [0.05, 0.1) is 0 Å². The minimum absolute atomic E-state index is 0. The molecule has 0 spiro atoms. The molecule has 0 radical (unpaired) electrons. The fourth-order valence-electron chi connectivity index (χ4n) is 3.79. The summed E-state index contributed by atoms with van der Waals surface area (Å²) in [6, 6.07) is 22.5. The largest absolute Gasteiger partial charge is 1.00 e. The van der Waals surface area contributed by atoms with E-state index in [-0.39, 0.29) is 32.3 Å². The van der Waals surface area contributed by atoms with Crippen molar-refractivity contribution in [2.24, 2.45) is 0 Å². The van der Waals surface area contributed by atoms with Gasteiger partial charge < -0.3 is 24.8 Å². The molecule has 5 rings (SSSR count). The van der Waals surface area contributed by atoms with Crippen molar-refractivity contribution in [2.75, 3.05) is 0 Å². The van der Waals surface area contributed by atoms with Crippen LogP contribution in [-0.4, -0.2) is 0 Å². The Balaban J connectivity index is 0.000000980. The first-order valence-electron chi connectivity index (χ1n) is 8.37.